The van der Waals surface area contributed by atoms with E-state index in [0.717, 1.165) is 18.5 Å². The number of methoxy groups -OCH3 is 2. The molecule has 0 saturated heterocycles. The third-order valence-electron chi connectivity index (χ3n) is 3.81. The summed E-state index contributed by atoms with van der Waals surface area (Å²) in [5.41, 5.74) is 1.38. The zero-order valence-electron chi connectivity index (χ0n) is 15.0. The van der Waals surface area contributed by atoms with Crippen LogP contribution >= 0.6 is 0 Å². The van der Waals surface area contributed by atoms with E-state index >= 15 is 0 Å². The summed E-state index contributed by atoms with van der Waals surface area (Å²) in [6.07, 6.45) is 1.92. The summed E-state index contributed by atoms with van der Waals surface area (Å²) in [5.74, 6) is 1.20. The van der Waals surface area contributed by atoms with E-state index < -0.39 is 0 Å². The summed E-state index contributed by atoms with van der Waals surface area (Å²) < 4.78 is 15.6. The predicted molar refractivity (Wildman–Crippen MR) is 98.5 cm³/mol. The van der Waals surface area contributed by atoms with Gasteiger partial charge in [-0.2, -0.15) is 0 Å². The Hall–Kier alpha value is -2.53. The molecular weight excluding hydrogens is 318 g/mol. The molecule has 0 aliphatic heterocycles. The van der Waals surface area contributed by atoms with E-state index in [2.05, 4.69) is 6.92 Å². The van der Waals surface area contributed by atoms with Crippen molar-refractivity contribution in [3.05, 3.63) is 54.1 Å². The molecule has 25 heavy (non-hydrogen) atoms. The van der Waals surface area contributed by atoms with Crippen molar-refractivity contribution in [2.45, 2.75) is 19.8 Å². The van der Waals surface area contributed by atoms with Crippen molar-refractivity contribution in [1.82, 2.24) is 0 Å². The molecule has 0 heterocycles. The molecule has 5 heteroatoms. The minimum atomic E-state index is -0.0727. The minimum absolute atomic E-state index is 0.0727. The number of carbonyl (C=O) groups excluding carboxylic acids is 1. The van der Waals surface area contributed by atoms with Crippen LogP contribution in [0.15, 0.2) is 48.5 Å². The molecule has 2 rings (SSSR count). The second-order valence-corrected chi connectivity index (χ2v) is 5.56. The van der Waals surface area contributed by atoms with Gasteiger partial charge in [-0.3, -0.25) is 4.79 Å². The molecule has 134 valence electrons. The van der Waals surface area contributed by atoms with Gasteiger partial charge in [-0.15, -0.1) is 0 Å². The van der Waals surface area contributed by atoms with Gasteiger partial charge in [0.25, 0.3) is 5.91 Å². The summed E-state index contributed by atoms with van der Waals surface area (Å²) in [5, 5.41) is 0. The highest BCUT2D eigenvalue weighted by molar-refractivity contribution is 6.07. The molecule has 1 amide bonds. The zero-order valence-corrected chi connectivity index (χ0v) is 15.0. The number of amides is 1. The second kappa shape index (κ2) is 9.69. The van der Waals surface area contributed by atoms with Crippen LogP contribution in [0.2, 0.25) is 0 Å². The van der Waals surface area contributed by atoms with Crippen molar-refractivity contribution < 1.29 is 19.0 Å². The first-order valence-corrected chi connectivity index (χ1v) is 8.38. The van der Waals surface area contributed by atoms with Crippen LogP contribution in [0.1, 0.15) is 30.1 Å². The quantitative estimate of drug-likeness (QED) is 0.643. The molecule has 0 N–H and O–H groups in total. The Balaban J connectivity index is 2.27. The maximum Gasteiger partial charge on any atom is 0.262 e. The third-order valence-corrected chi connectivity index (χ3v) is 3.81. The van der Waals surface area contributed by atoms with Gasteiger partial charge >= 0.3 is 0 Å². The molecule has 0 aliphatic carbocycles. The van der Waals surface area contributed by atoms with Gasteiger partial charge in [0.2, 0.25) is 0 Å². The highest BCUT2D eigenvalue weighted by Gasteiger charge is 2.20. The van der Waals surface area contributed by atoms with Crippen LogP contribution < -0.4 is 14.4 Å². The average Bonchev–Trinajstić information content (AvgIpc) is 2.67. The topological polar surface area (TPSA) is 48.0 Å². The number of hydrogen-bond donors (Lipinski definition) is 0. The molecule has 0 bridgehead atoms. The number of unbranched alkanes of at least 4 members (excludes halogenated alkanes) is 1. The van der Waals surface area contributed by atoms with Crippen LogP contribution in [0.3, 0.4) is 0 Å². The first-order chi connectivity index (χ1) is 12.2. The number of nitrogens with zero attached hydrogens (tertiary/aromatic N) is 1. The van der Waals surface area contributed by atoms with Crippen molar-refractivity contribution in [2.24, 2.45) is 0 Å². The van der Waals surface area contributed by atoms with Gasteiger partial charge in [0.05, 0.1) is 12.7 Å². The molecule has 0 spiro atoms. The first-order valence-electron chi connectivity index (χ1n) is 8.38. The molecular formula is C20H25NO4. The van der Waals surface area contributed by atoms with Crippen LogP contribution in [-0.4, -0.2) is 33.5 Å². The number of benzene rings is 2. The zero-order chi connectivity index (χ0) is 18.1. The van der Waals surface area contributed by atoms with E-state index in [-0.39, 0.29) is 12.7 Å². The maximum atomic E-state index is 13.1. The SMILES string of the molecule is CCCCN(C(=O)c1ccccc1OC)c1ccc(OCOC)cc1. The van der Waals surface area contributed by atoms with Crippen molar-refractivity contribution in [3.63, 3.8) is 0 Å². The third kappa shape index (κ3) is 4.97. The lowest BCUT2D eigenvalue weighted by atomic mass is 10.1. The Bertz CT molecular complexity index is 670. The summed E-state index contributed by atoms with van der Waals surface area (Å²) in [7, 11) is 3.15. The van der Waals surface area contributed by atoms with Crippen LogP contribution in [0, 0.1) is 0 Å². The largest absolute Gasteiger partial charge is 0.496 e. The van der Waals surface area contributed by atoms with E-state index in [1.54, 1.807) is 31.3 Å². The van der Waals surface area contributed by atoms with E-state index in [0.29, 0.717) is 23.6 Å². The van der Waals surface area contributed by atoms with Crippen molar-refractivity contribution in [2.75, 3.05) is 32.5 Å². The molecule has 0 unspecified atom stereocenters. The molecule has 0 aromatic heterocycles. The summed E-state index contributed by atoms with van der Waals surface area (Å²) >= 11 is 0. The number of hydrogen-bond acceptors (Lipinski definition) is 4. The van der Waals surface area contributed by atoms with Gasteiger partial charge in [0.15, 0.2) is 6.79 Å². The standard InChI is InChI=1S/C20H25NO4/c1-4-5-14-21(16-10-12-17(13-11-16)25-15-23-2)20(22)18-8-6-7-9-19(18)24-3/h6-13H,4-5,14-15H2,1-3H3. The molecule has 0 atom stereocenters. The number of ether oxygens (including phenoxy) is 3. The fourth-order valence-electron chi connectivity index (χ4n) is 2.48. The van der Waals surface area contributed by atoms with E-state index in [1.807, 2.05) is 36.4 Å². The lowest BCUT2D eigenvalue weighted by Crippen LogP contribution is -2.32. The second-order valence-electron chi connectivity index (χ2n) is 5.56. The van der Waals surface area contributed by atoms with Gasteiger partial charge in [-0.05, 0) is 42.8 Å². The number of para-hydroxylation sites is 1. The summed E-state index contributed by atoms with van der Waals surface area (Å²) in [6, 6.07) is 14.7. The Labute approximate surface area is 149 Å². The normalized spacial score (nSPS) is 10.4. The first kappa shape index (κ1) is 18.8. The monoisotopic (exact) mass is 343 g/mol. The van der Waals surface area contributed by atoms with Crippen LogP contribution in [0.25, 0.3) is 0 Å². The molecule has 5 nitrogen and oxygen atoms in total. The number of rotatable bonds is 9. The van der Waals surface area contributed by atoms with Gasteiger partial charge in [0.1, 0.15) is 11.5 Å². The fraction of sp³-hybridized carbons (Fsp3) is 0.350. The Morgan fingerprint density at radius 1 is 1.04 bits per heavy atom. The van der Waals surface area contributed by atoms with Gasteiger partial charge in [0, 0.05) is 19.3 Å². The van der Waals surface area contributed by atoms with Crippen LogP contribution in [-0.2, 0) is 4.74 Å². The van der Waals surface area contributed by atoms with E-state index in [4.69, 9.17) is 14.2 Å². The molecule has 2 aromatic rings. The molecule has 0 radical (unpaired) electrons. The number of carbonyl (C=O) groups is 1. The van der Waals surface area contributed by atoms with Gasteiger partial charge in [-0.25, -0.2) is 0 Å². The summed E-state index contributed by atoms with van der Waals surface area (Å²) in [4.78, 5) is 14.9. The highest BCUT2D eigenvalue weighted by Crippen LogP contribution is 2.25. The summed E-state index contributed by atoms with van der Waals surface area (Å²) in [6.45, 7) is 2.94. The van der Waals surface area contributed by atoms with Gasteiger partial charge in [-0.1, -0.05) is 25.5 Å². The van der Waals surface area contributed by atoms with Crippen molar-refractivity contribution >= 4 is 11.6 Å². The van der Waals surface area contributed by atoms with Crippen LogP contribution in [0.4, 0.5) is 5.69 Å². The minimum Gasteiger partial charge on any atom is -0.496 e. The lowest BCUT2D eigenvalue weighted by molar-refractivity contribution is 0.0511. The van der Waals surface area contributed by atoms with Crippen LogP contribution in [0.5, 0.6) is 11.5 Å². The number of anilines is 1. The predicted octanol–water partition coefficient (Wildman–Crippen LogP) is 4.12. The smallest absolute Gasteiger partial charge is 0.262 e. The highest BCUT2D eigenvalue weighted by atomic mass is 16.7. The lowest BCUT2D eigenvalue weighted by Gasteiger charge is -2.24. The van der Waals surface area contributed by atoms with Crippen molar-refractivity contribution in [1.29, 1.82) is 0 Å². The Morgan fingerprint density at radius 3 is 2.40 bits per heavy atom. The maximum absolute atomic E-state index is 13.1. The van der Waals surface area contributed by atoms with Gasteiger partial charge < -0.3 is 19.1 Å². The molecule has 0 aliphatic rings. The molecule has 2 aromatic carbocycles. The average molecular weight is 343 g/mol. The Morgan fingerprint density at radius 2 is 1.76 bits per heavy atom. The van der Waals surface area contributed by atoms with Crippen molar-refractivity contribution in [3.8, 4) is 11.5 Å². The Kier molecular flexibility index (Phi) is 7.29. The molecule has 0 saturated carbocycles. The molecule has 0 fully saturated rings. The van der Waals surface area contributed by atoms with E-state index in [1.165, 1.54) is 0 Å². The fourth-order valence-corrected chi connectivity index (χ4v) is 2.48. The van der Waals surface area contributed by atoms with E-state index in [9.17, 15) is 4.79 Å².